The Kier molecular flexibility index (Phi) is 12.9. The summed E-state index contributed by atoms with van der Waals surface area (Å²) in [4.78, 5) is 13.7. The summed E-state index contributed by atoms with van der Waals surface area (Å²) in [5, 5.41) is 13.7. The third kappa shape index (κ3) is 7.40. The molecule has 184 valence electrons. The molecule has 0 radical (unpaired) electrons. The molecule has 1 aromatic carbocycles. The molecular weight excluding hydrogens is 564 g/mol. The summed E-state index contributed by atoms with van der Waals surface area (Å²) in [7, 11) is 0. The molecule has 1 fully saturated rings. The van der Waals surface area contributed by atoms with Gasteiger partial charge in [0.25, 0.3) is 0 Å². The molecule has 1 aromatic rings. The fourth-order valence-corrected chi connectivity index (χ4v) is 5.50. The quantitative estimate of drug-likeness (QED) is 0.328. The first-order valence-electron chi connectivity index (χ1n) is 11.1. The second kappa shape index (κ2) is 14.3. The summed E-state index contributed by atoms with van der Waals surface area (Å²) in [6.07, 6.45) is 11.9. The number of halogens is 2. The minimum absolute atomic E-state index is 0. The van der Waals surface area contributed by atoms with Crippen LogP contribution in [-0.4, -0.2) is 47.6 Å². The minimum Gasteiger partial charge on any atom is -0.508 e. The molecule has 3 aliphatic rings. The number of hydrogen-bond donors (Lipinski definition) is 2. The molecule has 0 aromatic heterocycles. The van der Waals surface area contributed by atoms with Gasteiger partial charge in [-0.3, -0.25) is 4.79 Å². The number of allylic oxidation sites excluding steroid dienone is 2. The summed E-state index contributed by atoms with van der Waals surface area (Å²) in [5.41, 5.74) is 6.43. The molecule has 2 aliphatic heterocycles. The van der Waals surface area contributed by atoms with Crippen molar-refractivity contribution in [1.82, 2.24) is 10.2 Å². The van der Waals surface area contributed by atoms with Crippen LogP contribution in [0.1, 0.15) is 58.6 Å². The number of piperidine rings is 1. The van der Waals surface area contributed by atoms with Gasteiger partial charge < -0.3 is 15.3 Å². The Bertz CT molecular complexity index is 915. The monoisotopic (exact) mass is 600 g/mol. The fraction of sp³-hybridized carbons (Fsp3) is 0.500. The zero-order valence-corrected chi connectivity index (χ0v) is 23.6. The summed E-state index contributed by atoms with van der Waals surface area (Å²) in [6, 6.07) is 3.81. The second-order valence-electron chi connectivity index (χ2n) is 7.74. The normalized spacial score (nSPS) is 18.9. The average Bonchev–Trinajstić information content (AvgIpc) is 2.92. The van der Waals surface area contributed by atoms with Crippen LogP contribution in [0.4, 0.5) is 0 Å². The first-order chi connectivity index (χ1) is 15.3. The van der Waals surface area contributed by atoms with Gasteiger partial charge >= 0.3 is 0 Å². The molecule has 1 aliphatic carbocycles. The van der Waals surface area contributed by atoms with Crippen molar-refractivity contribution in [1.29, 1.82) is 0 Å². The van der Waals surface area contributed by atoms with Gasteiger partial charge in [-0.05, 0) is 94.6 Å². The maximum Gasteiger partial charge on any atom is 0.219 e. The number of phenols is 1. The van der Waals surface area contributed by atoms with Crippen LogP contribution in [-0.2, 0) is 11.2 Å². The van der Waals surface area contributed by atoms with E-state index in [0.717, 1.165) is 47.7 Å². The van der Waals surface area contributed by atoms with Crippen LogP contribution in [0.3, 0.4) is 0 Å². The van der Waals surface area contributed by atoms with Gasteiger partial charge in [0, 0.05) is 35.2 Å². The number of likely N-dealkylation sites (tertiary alicyclic amines) is 1. The van der Waals surface area contributed by atoms with Gasteiger partial charge in [0.15, 0.2) is 0 Å². The Labute approximate surface area is 221 Å². The van der Waals surface area contributed by atoms with E-state index in [1.54, 1.807) is 24.8 Å². The Morgan fingerprint density at radius 3 is 2.30 bits per heavy atom. The number of phenolic OH excluding ortho intramolecular Hbond substituents is 1. The van der Waals surface area contributed by atoms with E-state index in [1.165, 1.54) is 27.8 Å². The molecule has 1 atom stereocenters. The molecule has 7 heteroatoms. The number of nitrogens with zero attached hydrogens (tertiary/aromatic N) is 1. The van der Waals surface area contributed by atoms with Crippen molar-refractivity contribution in [2.45, 2.75) is 59.9 Å². The number of benzene rings is 1. The van der Waals surface area contributed by atoms with E-state index in [2.05, 4.69) is 43.3 Å². The number of aryl methyl sites for hydroxylation is 1. The summed E-state index contributed by atoms with van der Waals surface area (Å²) >= 11 is 9.05. The topological polar surface area (TPSA) is 52.6 Å². The maximum absolute atomic E-state index is 11.7. The van der Waals surface area contributed by atoms with Crippen LogP contribution in [0, 0.1) is 0 Å². The molecule has 1 saturated heterocycles. The maximum atomic E-state index is 11.7. The van der Waals surface area contributed by atoms with Gasteiger partial charge in [0.2, 0.25) is 5.91 Å². The van der Waals surface area contributed by atoms with Gasteiger partial charge in [-0.1, -0.05) is 42.8 Å². The van der Waals surface area contributed by atoms with E-state index < -0.39 is 0 Å². The second-order valence-corrected chi connectivity index (χ2v) is 10.3. The first-order valence-corrected chi connectivity index (χ1v) is 14.3. The first kappa shape index (κ1) is 29.9. The predicted molar refractivity (Wildman–Crippen MR) is 152 cm³/mol. The number of carbonyl (C=O) groups is 1. The van der Waals surface area contributed by atoms with Crippen LogP contribution in [0.25, 0.3) is 5.57 Å². The van der Waals surface area contributed by atoms with Crippen LogP contribution in [0.15, 0.2) is 44.5 Å². The highest BCUT2D eigenvalue weighted by atomic mass is 79.9. The van der Waals surface area contributed by atoms with E-state index in [0.29, 0.717) is 5.75 Å². The highest BCUT2D eigenvalue weighted by Gasteiger charge is 2.32. The average molecular weight is 602 g/mol. The van der Waals surface area contributed by atoms with Gasteiger partial charge in [-0.25, -0.2) is 0 Å². The smallest absolute Gasteiger partial charge is 0.219 e. The number of hydrogen-bond acceptors (Lipinski definition) is 4. The van der Waals surface area contributed by atoms with Gasteiger partial charge in [0.1, 0.15) is 5.75 Å². The van der Waals surface area contributed by atoms with Crippen molar-refractivity contribution in [2.24, 2.45) is 0 Å². The lowest BCUT2D eigenvalue weighted by Crippen LogP contribution is -2.36. The number of rotatable bonds is 0. The third-order valence-corrected chi connectivity index (χ3v) is 6.76. The SMILES string of the molecule is C.CC.CC(=O)N1CCC(=C2c3c(Br)cc(O)cc3CCC3=CC(Br)=CNC32)CC1.CSC. The summed E-state index contributed by atoms with van der Waals surface area (Å²) < 4.78 is 1.99. The zero-order valence-electron chi connectivity index (χ0n) is 19.6. The summed E-state index contributed by atoms with van der Waals surface area (Å²) in [5.74, 6) is 0.442. The van der Waals surface area contributed by atoms with Gasteiger partial charge in [-0.15, -0.1) is 0 Å². The number of thioether (sulfide) groups is 1. The lowest BCUT2D eigenvalue weighted by atomic mass is 9.85. The lowest BCUT2D eigenvalue weighted by Gasteiger charge is -2.33. The van der Waals surface area contributed by atoms with Crippen LogP contribution in [0.5, 0.6) is 5.75 Å². The number of carbonyl (C=O) groups excluding carboxylic acids is 1. The predicted octanol–water partition coefficient (Wildman–Crippen LogP) is 7.27. The lowest BCUT2D eigenvalue weighted by molar-refractivity contribution is -0.129. The van der Waals surface area contributed by atoms with Crippen molar-refractivity contribution >= 4 is 55.1 Å². The molecule has 0 saturated carbocycles. The Morgan fingerprint density at radius 1 is 1.12 bits per heavy atom. The molecule has 4 rings (SSSR count). The Balaban J connectivity index is 0.000000841. The standard InChI is InChI=1S/C21H22Br2N2O2.C2H6S.C2H6.CH4/c1-12(26)25-6-4-13(5-7-25)20-19-14(9-17(27)10-18(19)23)2-3-15-8-16(22)11-24-21(15)20;1-3-2;1-2;/h8-11,21,24,27H,2-7H2,1H3;1-2H3;1-2H3;1H4. The van der Waals surface area contributed by atoms with E-state index in [4.69, 9.17) is 0 Å². The number of aromatic hydroxyl groups is 1. The highest BCUT2D eigenvalue weighted by Crippen LogP contribution is 2.44. The highest BCUT2D eigenvalue weighted by molar-refractivity contribution is 9.12. The van der Waals surface area contributed by atoms with Crippen molar-refractivity contribution in [3.05, 3.63) is 55.6 Å². The van der Waals surface area contributed by atoms with Crippen LogP contribution in [0.2, 0.25) is 0 Å². The van der Waals surface area contributed by atoms with E-state index in [-0.39, 0.29) is 19.4 Å². The molecule has 2 heterocycles. The zero-order chi connectivity index (χ0) is 23.8. The van der Waals surface area contributed by atoms with Gasteiger partial charge in [0.05, 0.1) is 6.04 Å². The largest absolute Gasteiger partial charge is 0.508 e. The molecule has 33 heavy (non-hydrogen) atoms. The van der Waals surface area contributed by atoms with E-state index in [1.807, 2.05) is 43.5 Å². The van der Waals surface area contributed by atoms with Crippen molar-refractivity contribution in [3.8, 4) is 5.75 Å². The number of fused-ring (bicyclic) bond motifs is 2. The minimum atomic E-state index is 0. The van der Waals surface area contributed by atoms with E-state index in [9.17, 15) is 9.90 Å². The molecule has 4 nitrogen and oxygen atoms in total. The molecule has 2 N–H and O–H groups in total. The molecule has 0 bridgehead atoms. The van der Waals surface area contributed by atoms with Gasteiger partial charge in [-0.2, -0.15) is 11.8 Å². The van der Waals surface area contributed by atoms with Crippen molar-refractivity contribution in [3.63, 3.8) is 0 Å². The third-order valence-electron chi connectivity index (χ3n) is 5.67. The Hall–Kier alpha value is -1.18. The van der Waals surface area contributed by atoms with Crippen molar-refractivity contribution < 1.29 is 9.90 Å². The molecular formula is C26H38Br2N2O2S. The van der Waals surface area contributed by atoms with Crippen LogP contribution < -0.4 is 5.32 Å². The number of amides is 1. The number of nitrogens with one attached hydrogen (secondary N) is 1. The summed E-state index contributed by atoms with van der Waals surface area (Å²) in [6.45, 7) is 7.18. The van der Waals surface area contributed by atoms with Crippen molar-refractivity contribution in [2.75, 3.05) is 25.6 Å². The molecule has 0 spiro atoms. The fourth-order valence-electron chi connectivity index (χ4n) is 4.37. The Morgan fingerprint density at radius 2 is 1.73 bits per heavy atom. The van der Waals surface area contributed by atoms with Crippen LogP contribution >= 0.6 is 43.6 Å². The number of dihydropyridines is 1. The van der Waals surface area contributed by atoms with E-state index >= 15 is 0 Å². The molecule has 1 amide bonds. The molecule has 1 unspecified atom stereocenters.